The van der Waals surface area contributed by atoms with E-state index in [-0.39, 0.29) is 33.6 Å². The van der Waals surface area contributed by atoms with E-state index in [2.05, 4.69) is 20.5 Å². The Morgan fingerprint density at radius 2 is 1.49 bits per heavy atom. The van der Waals surface area contributed by atoms with Crippen LogP contribution in [0.2, 0.25) is 0 Å². The lowest BCUT2D eigenvalue weighted by Gasteiger charge is -2.13. The van der Waals surface area contributed by atoms with Crippen molar-refractivity contribution >= 4 is 49.3 Å². The number of benzene rings is 4. The van der Waals surface area contributed by atoms with Crippen molar-refractivity contribution in [2.45, 2.75) is 25.7 Å². The molecule has 0 saturated carbocycles. The molecule has 37 heavy (non-hydrogen) atoms. The van der Waals surface area contributed by atoms with E-state index in [4.69, 9.17) is 10.5 Å². The Labute approximate surface area is 213 Å². The lowest BCUT2D eigenvalue weighted by molar-refractivity contribution is 0.415. The number of phenols is 1. The fraction of sp³-hybridized carbons (Fsp3) is 0.154. The summed E-state index contributed by atoms with van der Waals surface area (Å²) in [5.74, 6) is 0.180. The largest absolute Gasteiger partial charge is 0.505 e. The van der Waals surface area contributed by atoms with Crippen LogP contribution >= 0.6 is 0 Å². The normalized spacial score (nSPS) is 12.1. The molecular formula is C26H25N5O5S. The Balaban J connectivity index is 1.92. The summed E-state index contributed by atoms with van der Waals surface area (Å²) in [5.41, 5.74) is 9.30. The topological polar surface area (TPSA) is 159 Å². The quantitative estimate of drug-likeness (QED) is 0.139. The van der Waals surface area contributed by atoms with E-state index in [1.165, 1.54) is 13.2 Å². The number of nitrogens with zero attached hydrogens (tertiary/aromatic N) is 4. The number of ether oxygens (including phenoxy) is 1. The molecule has 4 aromatic rings. The second kappa shape index (κ2) is 9.96. The summed E-state index contributed by atoms with van der Waals surface area (Å²) in [6.07, 6.45) is 0. The standard InChI is InChI=1S/C26H25N5O5S/c1-14-5-8-18(9-6-14)28-31-25-21(37(33,34)35)13-17-12-16(3)24(26(32)22(17)23(25)27)30-29-19-11-15(2)7-10-20(19)36-4/h5-13,32H,27H2,1-4H3,(H,33,34,35). The van der Waals surface area contributed by atoms with Crippen LogP contribution in [0, 0.1) is 20.8 Å². The number of aryl methyl sites for hydroxylation is 3. The summed E-state index contributed by atoms with van der Waals surface area (Å²) >= 11 is 0. The van der Waals surface area contributed by atoms with Crippen molar-refractivity contribution in [3.63, 3.8) is 0 Å². The first-order chi connectivity index (χ1) is 17.5. The minimum Gasteiger partial charge on any atom is -0.505 e. The Morgan fingerprint density at radius 3 is 2.14 bits per heavy atom. The predicted octanol–water partition coefficient (Wildman–Crippen LogP) is 7.14. The van der Waals surface area contributed by atoms with Crippen molar-refractivity contribution in [3.8, 4) is 11.5 Å². The van der Waals surface area contributed by atoms with E-state index in [1.54, 1.807) is 37.3 Å². The number of hydrogen-bond donors (Lipinski definition) is 3. The van der Waals surface area contributed by atoms with Crippen molar-refractivity contribution in [1.29, 1.82) is 0 Å². The summed E-state index contributed by atoms with van der Waals surface area (Å²) in [4.78, 5) is -0.536. The van der Waals surface area contributed by atoms with Crippen molar-refractivity contribution in [2.24, 2.45) is 20.5 Å². The second-order valence-corrected chi connectivity index (χ2v) is 9.90. The van der Waals surface area contributed by atoms with Gasteiger partial charge in [0.2, 0.25) is 0 Å². The maximum atomic E-state index is 12.2. The molecule has 0 spiro atoms. The first kappa shape index (κ1) is 25.7. The van der Waals surface area contributed by atoms with Gasteiger partial charge in [0.15, 0.2) is 5.75 Å². The molecule has 4 N–H and O–H groups in total. The van der Waals surface area contributed by atoms with Gasteiger partial charge < -0.3 is 15.6 Å². The molecule has 0 saturated heterocycles. The van der Waals surface area contributed by atoms with Crippen molar-refractivity contribution in [1.82, 2.24) is 0 Å². The van der Waals surface area contributed by atoms with Gasteiger partial charge in [-0.05, 0) is 73.7 Å². The van der Waals surface area contributed by atoms with Crippen molar-refractivity contribution in [3.05, 3.63) is 71.3 Å². The highest BCUT2D eigenvalue weighted by Crippen LogP contribution is 2.47. The molecular weight excluding hydrogens is 494 g/mol. The SMILES string of the molecule is COc1ccc(C)cc1N=Nc1c(C)cc2cc(S(=O)(=O)O)c(N=Nc3ccc(C)cc3)c(N)c2c1O. The molecule has 0 heterocycles. The van der Waals surface area contributed by atoms with Gasteiger partial charge in [-0.3, -0.25) is 4.55 Å². The fourth-order valence-electron chi connectivity index (χ4n) is 3.80. The fourth-order valence-corrected chi connectivity index (χ4v) is 4.47. The summed E-state index contributed by atoms with van der Waals surface area (Å²) in [7, 11) is -3.21. The number of nitrogens with two attached hydrogens (primary N) is 1. The Hall–Kier alpha value is -4.35. The van der Waals surface area contributed by atoms with Gasteiger partial charge in [0.05, 0.1) is 23.9 Å². The molecule has 4 aromatic carbocycles. The zero-order valence-corrected chi connectivity index (χ0v) is 21.4. The number of aromatic hydroxyl groups is 1. The average molecular weight is 520 g/mol. The third kappa shape index (κ3) is 5.27. The number of fused-ring (bicyclic) bond motifs is 1. The monoisotopic (exact) mass is 519 g/mol. The summed E-state index contributed by atoms with van der Waals surface area (Å²) in [6.45, 7) is 5.49. The highest BCUT2D eigenvalue weighted by molar-refractivity contribution is 7.86. The van der Waals surface area contributed by atoms with E-state index >= 15 is 0 Å². The summed E-state index contributed by atoms with van der Waals surface area (Å²) in [6, 6.07) is 15.2. The van der Waals surface area contributed by atoms with Crippen LogP contribution in [0.3, 0.4) is 0 Å². The van der Waals surface area contributed by atoms with Crippen LogP contribution in [0.4, 0.5) is 28.4 Å². The van der Waals surface area contributed by atoms with E-state index in [9.17, 15) is 18.1 Å². The molecule has 0 unspecified atom stereocenters. The van der Waals surface area contributed by atoms with Crippen molar-refractivity contribution in [2.75, 3.05) is 12.8 Å². The molecule has 0 aliphatic carbocycles. The average Bonchev–Trinajstić information content (AvgIpc) is 2.83. The zero-order chi connectivity index (χ0) is 26.9. The number of nitrogen functional groups attached to an aromatic ring is 1. The Bertz CT molecular complexity index is 1680. The summed E-state index contributed by atoms with van der Waals surface area (Å²) in [5, 5.41) is 28.1. The molecule has 11 heteroatoms. The van der Waals surface area contributed by atoms with Crippen molar-refractivity contribution < 1.29 is 22.8 Å². The third-order valence-corrected chi connectivity index (χ3v) is 6.58. The highest BCUT2D eigenvalue weighted by atomic mass is 32.2. The van der Waals surface area contributed by atoms with Crippen LogP contribution in [0.15, 0.2) is 79.9 Å². The summed E-state index contributed by atoms with van der Waals surface area (Å²) < 4.78 is 39.6. The van der Waals surface area contributed by atoms with E-state index in [1.807, 2.05) is 32.0 Å². The molecule has 0 aliphatic heterocycles. The van der Waals surface area contributed by atoms with Gasteiger partial charge in [-0.25, -0.2) is 0 Å². The maximum absolute atomic E-state index is 12.2. The number of methoxy groups -OCH3 is 1. The van der Waals surface area contributed by atoms with Gasteiger partial charge in [0.1, 0.15) is 27.7 Å². The van der Waals surface area contributed by atoms with E-state index < -0.39 is 15.0 Å². The number of anilines is 1. The van der Waals surface area contributed by atoms with Crippen LogP contribution in [0.5, 0.6) is 11.5 Å². The molecule has 4 rings (SSSR count). The van der Waals surface area contributed by atoms with E-state index in [0.29, 0.717) is 22.7 Å². The lowest BCUT2D eigenvalue weighted by atomic mass is 10.0. The van der Waals surface area contributed by atoms with Gasteiger partial charge >= 0.3 is 0 Å². The van der Waals surface area contributed by atoms with Gasteiger partial charge in [0.25, 0.3) is 10.1 Å². The predicted molar refractivity (Wildman–Crippen MR) is 142 cm³/mol. The molecule has 0 bridgehead atoms. The van der Waals surface area contributed by atoms with E-state index in [0.717, 1.165) is 11.1 Å². The molecule has 0 atom stereocenters. The Morgan fingerprint density at radius 1 is 0.838 bits per heavy atom. The Kier molecular flexibility index (Phi) is 6.92. The molecule has 0 amide bonds. The lowest BCUT2D eigenvalue weighted by Crippen LogP contribution is -2.02. The molecule has 0 radical (unpaired) electrons. The minimum atomic E-state index is -4.72. The third-order valence-electron chi connectivity index (χ3n) is 5.71. The number of azo groups is 2. The second-order valence-electron chi connectivity index (χ2n) is 8.51. The molecule has 0 aliphatic rings. The van der Waals surface area contributed by atoms with Crippen LogP contribution < -0.4 is 10.5 Å². The van der Waals surface area contributed by atoms with Crippen LogP contribution in [-0.4, -0.2) is 25.2 Å². The smallest absolute Gasteiger partial charge is 0.296 e. The molecule has 0 aromatic heterocycles. The van der Waals surface area contributed by atoms with Crippen LogP contribution in [0.25, 0.3) is 10.8 Å². The molecule has 0 fully saturated rings. The maximum Gasteiger partial charge on any atom is 0.296 e. The van der Waals surface area contributed by atoms with Gasteiger partial charge in [-0.15, -0.1) is 15.3 Å². The van der Waals surface area contributed by atoms with Crippen LogP contribution in [-0.2, 0) is 10.1 Å². The molecule has 10 nitrogen and oxygen atoms in total. The molecule has 190 valence electrons. The number of rotatable bonds is 6. The number of phenolic OH excluding ortho intramolecular Hbond substituents is 1. The first-order valence-electron chi connectivity index (χ1n) is 11.1. The minimum absolute atomic E-state index is 0.0982. The van der Waals surface area contributed by atoms with Gasteiger partial charge in [0, 0.05) is 0 Å². The number of hydrogen-bond acceptors (Lipinski definition) is 9. The highest BCUT2D eigenvalue weighted by Gasteiger charge is 2.24. The zero-order valence-electron chi connectivity index (χ0n) is 20.6. The van der Waals surface area contributed by atoms with Gasteiger partial charge in [-0.2, -0.15) is 13.5 Å². The first-order valence-corrected chi connectivity index (χ1v) is 12.5. The van der Waals surface area contributed by atoms with Gasteiger partial charge in [-0.1, -0.05) is 23.8 Å². The van der Waals surface area contributed by atoms with Crippen LogP contribution in [0.1, 0.15) is 16.7 Å².